The third-order valence-corrected chi connectivity index (χ3v) is 6.17. The van der Waals surface area contributed by atoms with Gasteiger partial charge in [0, 0.05) is 22.9 Å². The van der Waals surface area contributed by atoms with Crippen molar-refractivity contribution in [3.8, 4) is 22.8 Å². The number of fused-ring (bicyclic) bond motifs is 1. The number of carbonyl (C=O) groups is 1. The minimum Gasteiger partial charge on any atom is -0.457 e. The van der Waals surface area contributed by atoms with Gasteiger partial charge in [-0.2, -0.15) is 0 Å². The van der Waals surface area contributed by atoms with E-state index in [1.807, 2.05) is 72.8 Å². The number of aromatic nitrogens is 1. The number of carbonyl (C=O) groups excluding carboxylic acids is 1. The quantitative estimate of drug-likeness (QED) is 0.183. The molecule has 2 N–H and O–H groups in total. The topological polar surface area (TPSA) is 80.3 Å². The largest absolute Gasteiger partial charge is 0.457 e. The molecule has 1 amide bonds. The third-order valence-electron chi connectivity index (χ3n) is 5.96. The second-order valence-electron chi connectivity index (χ2n) is 9.87. The number of rotatable bonds is 5. The molecule has 0 aliphatic carbocycles. The van der Waals surface area contributed by atoms with Crippen LogP contribution in [0.1, 0.15) is 32.1 Å². The molecule has 0 aliphatic rings. The minimum absolute atomic E-state index is 0.0781. The van der Waals surface area contributed by atoms with Gasteiger partial charge in [0.1, 0.15) is 17.0 Å². The normalized spacial score (nSPS) is 11.7. The van der Waals surface area contributed by atoms with Crippen LogP contribution in [0.3, 0.4) is 0 Å². The van der Waals surface area contributed by atoms with Crippen LogP contribution in [0.4, 0.5) is 5.69 Å². The standard InChI is InChI=1S/C31H27N3O3S/c1-31(2,3)22-11-9-21(10-12-22)29-33-25-19-23(13-16-27(25)37-29)32-30(38)34-28(35)18-15-24-14-17-26(36-24)20-7-5-4-6-8-20/h4-19H,1-3H3,(H2,32,34,35,38)/b18-15+. The lowest BCUT2D eigenvalue weighted by Gasteiger charge is -2.18. The highest BCUT2D eigenvalue weighted by molar-refractivity contribution is 7.80. The van der Waals surface area contributed by atoms with Crippen molar-refractivity contribution < 1.29 is 13.6 Å². The maximum atomic E-state index is 12.4. The number of nitrogens with zero attached hydrogens (tertiary/aromatic N) is 1. The van der Waals surface area contributed by atoms with Crippen LogP contribution < -0.4 is 10.6 Å². The second-order valence-corrected chi connectivity index (χ2v) is 10.3. The molecular weight excluding hydrogens is 494 g/mol. The van der Waals surface area contributed by atoms with Crippen LogP contribution >= 0.6 is 12.2 Å². The average molecular weight is 522 g/mol. The van der Waals surface area contributed by atoms with Gasteiger partial charge in [0.25, 0.3) is 0 Å². The van der Waals surface area contributed by atoms with E-state index in [-0.39, 0.29) is 16.4 Å². The van der Waals surface area contributed by atoms with Crippen LogP contribution in [0.5, 0.6) is 0 Å². The Balaban J connectivity index is 1.20. The highest BCUT2D eigenvalue weighted by Gasteiger charge is 2.15. The van der Waals surface area contributed by atoms with E-state index < -0.39 is 0 Å². The Morgan fingerprint density at radius 1 is 0.895 bits per heavy atom. The van der Waals surface area contributed by atoms with Crippen molar-refractivity contribution in [1.82, 2.24) is 10.3 Å². The first-order valence-electron chi connectivity index (χ1n) is 12.2. The van der Waals surface area contributed by atoms with Crippen LogP contribution in [0.2, 0.25) is 0 Å². The predicted octanol–water partition coefficient (Wildman–Crippen LogP) is 7.58. The highest BCUT2D eigenvalue weighted by atomic mass is 32.1. The molecule has 0 saturated carbocycles. The maximum Gasteiger partial charge on any atom is 0.250 e. The predicted molar refractivity (Wildman–Crippen MR) is 156 cm³/mol. The number of furan rings is 1. The van der Waals surface area contributed by atoms with Crippen molar-refractivity contribution in [3.05, 3.63) is 102 Å². The first-order valence-corrected chi connectivity index (χ1v) is 12.6. The summed E-state index contributed by atoms with van der Waals surface area (Å²) in [5.41, 5.74) is 5.24. The number of nitrogens with one attached hydrogen (secondary N) is 2. The summed E-state index contributed by atoms with van der Waals surface area (Å²) in [6.07, 6.45) is 2.97. The van der Waals surface area contributed by atoms with Gasteiger partial charge in [0.05, 0.1) is 0 Å². The fraction of sp³-hybridized carbons (Fsp3) is 0.129. The number of anilines is 1. The average Bonchev–Trinajstić information content (AvgIpc) is 3.55. The number of thiocarbonyl (C=S) groups is 1. The van der Waals surface area contributed by atoms with Gasteiger partial charge in [-0.1, -0.05) is 63.2 Å². The molecule has 7 heteroatoms. The Bertz CT molecular complexity index is 1620. The number of oxazole rings is 1. The van der Waals surface area contributed by atoms with Crippen LogP contribution in [-0.4, -0.2) is 16.0 Å². The van der Waals surface area contributed by atoms with E-state index in [4.69, 9.17) is 21.1 Å². The maximum absolute atomic E-state index is 12.4. The van der Waals surface area contributed by atoms with Gasteiger partial charge >= 0.3 is 0 Å². The van der Waals surface area contributed by atoms with Gasteiger partial charge in [-0.05, 0) is 71.7 Å². The van der Waals surface area contributed by atoms with Crippen LogP contribution in [0.15, 0.2) is 99.8 Å². The molecule has 2 aromatic heterocycles. The third kappa shape index (κ3) is 5.90. The zero-order chi connectivity index (χ0) is 26.7. The molecule has 190 valence electrons. The molecule has 0 fully saturated rings. The van der Waals surface area contributed by atoms with Gasteiger partial charge in [-0.15, -0.1) is 0 Å². The molecule has 0 bridgehead atoms. The zero-order valence-electron chi connectivity index (χ0n) is 21.3. The summed E-state index contributed by atoms with van der Waals surface area (Å²) in [5, 5.41) is 5.84. The van der Waals surface area contributed by atoms with Crippen molar-refractivity contribution in [1.29, 1.82) is 0 Å². The number of amides is 1. The SMILES string of the molecule is CC(C)(C)c1ccc(-c2nc3cc(NC(=S)NC(=O)/C=C/c4ccc(-c5ccccc5)o4)ccc3o2)cc1. The Kier molecular flexibility index (Phi) is 6.94. The van der Waals surface area contributed by atoms with Crippen molar-refractivity contribution in [2.45, 2.75) is 26.2 Å². The van der Waals surface area contributed by atoms with Gasteiger partial charge in [0.15, 0.2) is 10.7 Å². The van der Waals surface area contributed by atoms with E-state index in [1.165, 1.54) is 11.6 Å². The number of hydrogen-bond donors (Lipinski definition) is 2. The summed E-state index contributed by atoms with van der Waals surface area (Å²) >= 11 is 5.31. The van der Waals surface area contributed by atoms with E-state index in [9.17, 15) is 4.79 Å². The van der Waals surface area contributed by atoms with Crippen LogP contribution in [-0.2, 0) is 10.2 Å². The zero-order valence-corrected chi connectivity index (χ0v) is 22.1. The summed E-state index contributed by atoms with van der Waals surface area (Å²) in [7, 11) is 0. The molecule has 0 unspecified atom stereocenters. The van der Waals surface area contributed by atoms with Crippen molar-refractivity contribution in [3.63, 3.8) is 0 Å². The molecule has 5 rings (SSSR count). The lowest BCUT2D eigenvalue weighted by molar-refractivity contribution is -0.115. The first-order chi connectivity index (χ1) is 18.2. The molecule has 5 aromatic rings. The smallest absolute Gasteiger partial charge is 0.250 e. The Labute approximate surface area is 226 Å². The number of benzene rings is 3. The highest BCUT2D eigenvalue weighted by Crippen LogP contribution is 2.29. The van der Waals surface area contributed by atoms with Crippen molar-refractivity contribution in [2.75, 3.05) is 5.32 Å². The van der Waals surface area contributed by atoms with Crippen LogP contribution in [0, 0.1) is 0 Å². The molecule has 0 radical (unpaired) electrons. The van der Waals surface area contributed by atoms with E-state index in [0.29, 0.717) is 28.4 Å². The van der Waals surface area contributed by atoms with Crippen molar-refractivity contribution >= 4 is 46.1 Å². The minimum atomic E-state index is -0.372. The molecule has 2 heterocycles. The first kappa shape index (κ1) is 25.2. The molecule has 0 aliphatic heterocycles. The van der Waals surface area contributed by atoms with Gasteiger partial charge < -0.3 is 14.2 Å². The monoisotopic (exact) mass is 521 g/mol. The van der Waals surface area contributed by atoms with E-state index in [2.05, 4.69) is 48.5 Å². The molecule has 0 atom stereocenters. The van der Waals surface area contributed by atoms with Crippen molar-refractivity contribution in [2.24, 2.45) is 0 Å². The Hall–Kier alpha value is -4.49. The molecule has 0 spiro atoms. The lowest BCUT2D eigenvalue weighted by atomic mass is 9.87. The molecule has 0 saturated heterocycles. The molecule has 3 aromatic carbocycles. The summed E-state index contributed by atoms with van der Waals surface area (Å²) in [6.45, 7) is 6.54. The summed E-state index contributed by atoms with van der Waals surface area (Å²) in [6, 6.07) is 27.1. The van der Waals surface area contributed by atoms with Gasteiger partial charge in [-0.3, -0.25) is 10.1 Å². The molecular formula is C31H27N3O3S. The Morgan fingerprint density at radius 2 is 1.66 bits per heavy atom. The molecule has 38 heavy (non-hydrogen) atoms. The molecule has 6 nitrogen and oxygen atoms in total. The van der Waals surface area contributed by atoms with E-state index in [0.717, 1.165) is 16.9 Å². The van der Waals surface area contributed by atoms with E-state index >= 15 is 0 Å². The summed E-state index contributed by atoms with van der Waals surface area (Å²) in [5.74, 6) is 1.48. The van der Waals surface area contributed by atoms with Crippen LogP contribution in [0.25, 0.3) is 40.0 Å². The fourth-order valence-electron chi connectivity index (χ4n) is 3.92. The second kappa shape index (κ2) is 10.5. The van der Waals surface area contributed by atoms with E-state index in [1.54, 1.807) is 6.08 Å². The summed E-state index contributed by atoms with van der Waals surface area (Å²) < 4.78 is 11.7. The van der Waals surface area contributed by atoms with Gasteiger partial charge in [-0.25, -0.2) is 4.98 Å². The fourth-order valence-corrected chi connectivity index (χ4v) is 4.13. The summed E-state index contributed by atoms with van der Waals surface area (Å²) in [4.78, 5) is 17.0. The Morgan fingerprint density at radius 3 is 2.39 bits per heavy atom. The lowest BCUT2D eigenvalue weighted by Crippen LogP contribution is -2.32. The van der Waals surface area contributed by atoms with Gasteiger partial charge in [0.2, 0.25) is 11.8 Å². The number of hydrogen-bond acceptors (Lipinski definition) is 5.